The predicted octanol–water partition coefficient (Wildman–Crippen LogP) is 1.38. The molecule has 82 valence electrons. The van der Waals surface area contributed by atoms with Gasteiger partial charge in [0.25, 0.3) is 0 Å². The van der Waals surface area contributed by atoms with Crippen molar-refractivity contribution in [3.8, 4) is 0 Å². The van der Waals surface area contributed by atoms with Crippen LogP contribution in [0.5, 0.6) is 0 Å². The Balaban J connectivity index is 1.88. The van der Waals surface area contributed by atoms with E-state index in [1.165, 1.54) is 11.1 Å². The highest BCUT2D eigenvalue weighted by Gasteiger charge is 2.20. The standard InChI is InChI=1S/C12H14N4/c13-12-6-11(15-16-12)10-5-8-3-1-2-4-9(8)7-14-10/h1-4,6,10,14H,5,7H2,(H3,13,15,16). The quantitative estimate of drug-likeness (QED) is 0.671. The van der Waals surface area contributed by atoms with Crippen molar-refractivity contribution in [2.75, 3.05) is 5.73 Å². The minimum Gasteiger partial charge on any atom is -0.382 e. The maximum atomic E-state index is 5.61. The van der Waals surface area contributed by atoms with Crippen LogP contribution in [0.1, 0.15) is 22.9 Å². The van der Waals surface area contributed by atoms with Gasteiger partial charge in [-0.25, -0.2) is 0 Å². The van der Waals surface area contributed by atoms with E-state index in [4.69, 9.17) is 5.73 Å². The molecule has 2 aromatic rings. The van der Waals surface area contributed by atoms with Crippen LogP contribution >= 0.6 is 0 Å². The van der Waals surface area contributed by atoms with Gasteiger partial charge in [0.1, 0.15) is 5.82 Å². The van der Waals surface area contributed by atoms with E-state index in [0.717, 1.165) is 18.7 Å². The summed E-state index contributed by atoms with van der Waals surface area (Å²) in [7, 11) is 0. The van der Waals surface area contributed by atoms with Crippen molar-refractivity contribution in [1.29, 1.82) is 0 Å². The summed E-state index contributed by atoms with van der Waals surface area (Å²) in [6.45, 7) is 0.903. The van der Waals surface area contributed by atoms with Gasteiger partial charge in [-0.15, -0.1) is 0 Å². The summed E-state index contributed by atoms with van der Waals surface area (Å²) in [5.41, 5.74) is 9.45. The number of nitrogens with one attached hydrogen (secondary N) is 2. The number of H-pyrrole nitrogens is 1. The third-order valence-electron chi connectivity index (χ3n) is 3.07. The number of nitrogens with zero attached hydrogens (tertiary/aromatic N) is 1. The van der Waals surface area contributed by atoms with E-state index in [0.29, 0.717) is 11.9 Å². The van der Waals surface area contributed by atoms with Gasteiger partial charge in [0, 0.05) is 12.6 Å². The Hall–Kier alpha value is -1.81. The summed E-state index contributed by atoms with van der Waals surface area (Å²) in [5, 5.41) is 10.4. The number of fused-ring (bicyclic) bond motifs is 1. The van der Waals surface area contributed by atoms with E-state index in [9.17, 15) is 0 Å². The summed E-state index contributed by atoms with van der Waals surface area (Å²) in [6, 6.07) is 10.7. The summed E-state index contributed by atoms with van der Waals surface area (Å²) in [6.07, 6.45) is 0.984. The fourth-order valence-corrected chi connectivity index (χ4v) is 2.21. The van der Waals surface area contributed by atoms with Gasteiger partial charge < -0.3 is 11.1 Å². The van der Waals surface area contributed by atoms with E-state index >= 15 is 0 Å². The highest BCUT2D eigenvalue weighted by molar-refractivity contribution is 5.34. The lowest BCUT2D eigenvalue weighted by molar-refractivity contribution is 0.487. The van der Waals surface area contributed by atoms with Crippen molar-refractivity contribution in [3.63, 3.8) is 0 Å². The second-order valence-corrected chi connectivity index (χ2v) is 4.15. The number of aromatic amines is 1. The van der Waals surface area contributed by atoms with Crippen molar-refractivity contribution in [2.45, 2.75) is 19.0 Å². The second-order valence-electron chi connectivity index (χ2n) is 4.15. The first-order valence-electron chi connectivity index (χ1n) is 5.44. The van der Waals surface area contributed by atoms with Gasteiger partial charge in [-0.1, -0.05) is 24.3 Å². The van der Waals surface area contributed by atoms with Gasteiger partial charge in [-0.3, -0.25) is 5.10 Å². The molecular weight excluding hydrogens is 200 g/mol. The minimum absolute atomic E-state index is 0.291. The number of nitrogens with two attached hydrogens (primary N) is 1. The van der Waals surface area contributed by atoms with Crippen LogP contribution < -0.4 is 11.1 Å². The number of anilines is 1. The highest BCUT2D eigenvalue weighted by Crippen LogP contribution is 2.25. The van der Waals surface area contributed by atoms with E-state index in [1.807, 2.05) is 6.07 Å². The first-order valence-corrected chi connectivity index (χ1v) is 5.44. The lowest BCUT2D eigenvalue weighted by Crippen LogP contribution is -2.28. The van der Waals surface area contributed by atoms with Crippen LogP contribution in [0.15, 0.2) is 30.3 Å². The molecule has 1 aliphatic rings. The van der Waals surface area contributed by atoms with Gasteiger partial charge in [-0.2, -0.15) is 5.10 Å². The molecule has 0 radical (unpaired) electrons. The predicted molar refractivity (Wildman–Crippen MR) is 62.7 cm³/mol. The molecule has 0 spiro atoms. The summed E-state index contributed by atoms with van der Waals surface area (Å²) < 4.78 is 0. The molecule has 0 saturated heterocycles. The molecular formula is C12H14N4. The van der Waals surface area contributed by atoms with Crippen molar-refractivity contribution >= 4 is 5.82 Å². The molecule has 2 heterocycles. The molecule has 0 saturated carbocycles. The maximum absolute atomic E-state index is 5.61. The van der Waals surface area contributed by atoms with Crippen LogP contribution in [0, 0.1) is 0 Å². The Labute approximate surface area is 93.9 Å². The number of aromatic nitrogens is 2. The van der Waals surface area contributed by atoms with Gasteiger partial charge >= 0.3 is 0 Å². The first kappa shape index (κ1) is 9.42. The molecule has 0 amide bonds. The number of benzene rings is 1. The monoisotopic (exact) mass is 214 g/mol. The molecule has 1 aromatic heterocycles. The van der Waals surface area contributed by atoms with Crippen LogP contribution in [-0.4, -0.2) is 10.2 Å². The molecule has 4 nitrogen and oxygen atoms in total. The van der Waals surface area contributed by atoms with E-state index in [2.05, 4.69) is 39.8 Å². The number of hydrogen-bond acceptors (Lipinski definition) is 3. The smallest absolute Gasteiger partial charge is 0.145 e. The number of rotatable bonds is 1. The zero-order valence-corrected chi connectivity index (χ0v) is 8.90. The normalized spacial score (nSPS) is 19.4. The van der Waals surface area contributed by atoms with E-state index in [1.54, 1.807) is 0 Å². The molecule has 0 aliphatic carbocycles. The van der Waals surface area contributed by atoms with Gasteiger partial charge in [0.2, 0.25) is 0 Å². The average molecular weight is 214 g/mol. The maximum Gasteiger partial charge on any atom is 0.145 e. The van der Waals surface area contributed by atoms with Crippen molar-refractivity contribution in [3.05, 3.63) is 47.2 Å². The molecule has 3 rings (SSSR count). The molecule has 0 fully saturated rings. The van der Waals surface area contributed by atoms with Crippen LogP contribution in [-0.2, 0) is 13.0 Å². The third-order valence-corrected chi connectivity index (χ3v) is 3.07. The van der Waals surface area contributed by atoms with Crippen LogP contribution in [0.4, 0.5) is 5.82 Å². The fourth-order valence-electron chi connectivity index (χ4n) is 2.21. The van der Waals surface area contributed by atoms with Gasteiger partial charge in [-0.05, 0) is 17.5 Å². The molecule has 1 aromatic carbocycles. The topological polar surface area (TPSA) is 66.7 Å². The van der Waals surface area contributed by atoms with Crippen LogP contribution in [0.2, 0.25) is 0 Å². The number of hydrogen-bond donors (Lipinski definition) is 3. The minimum atomic E-state index is 0.291. The van der Waals surface area contributed by atoms with Crippen molar-refractivity contribution < 1.29 is 0 Å². The van der Waals surface area contributed by atoms with E-state index < -0.39 is 0 Å². The largest absolute Gasteiger partial charge is 0.382 e. The van der Waals surface area contributed by atoms with E-state index in [-0.39, 0.29) is 0 Å². The molecule has 1 atom stereocenters. The molecule has 0 bridgehead atoms. The Morgan fingerprint density at radius 1 is 1.25 bits per heavy atom. The SMILES string of the molecule is Nc1cc(C2Cc3ccccc3CN2)[nH]n1. The van der Waals surface area contributed by atoms with Crippen molar-refractivity contribution in [2.24, 2.45) is 0 Å². The summed E-state index contributed by atoms with van der Waals surface area (Å²) in [5.74, 6) is 0.552. The Bertz CT molecular complexity index is 503. The molecule has 16 heavy (non-hydrogen) atoms. The molecule has 4 heteroatoms. The number of nitrogen functional groups attached to an aromatic ring is 1. The summed E-state index contributed by atoms with van der Waals surface area (Å²) in [4.78, 5) is 0. The van der Waals surface area contributed by atoms with Crippen LogP contribution in [0.25, 0.3) is 0 Å². The highest BCUT2D eigenvalue weighted by atomic mass is 15.2. The summed E-state index contributed by atoms with van der Waals surface area (Å²) >= 11 is 0. The lowest BCUT2D eigenvalue weighted by Gasteiger charge is -2.25. The fraction of sp³-hybridized carbons (Fsp3) is 0.250. The average Bonchev–Trinajstić information content (AvgIpc) is 2.75. The molecule has 1 aliphatic heterocycles. The zero-order chi connectivity index (χ0) is 11.0. The van der Waals surface area contributed by atoms with Gasteiger partial charge in [0.05, 0.1) is 11.7 Å². The third kappa shape index (κ3) is 1.57. The lowest BCUT2D eigenvalue weighted by atomic mass is 9.94. The molecule has 1 unspecified atom stereocenters. The Morgan fingerprint density at radius 2 is 2.06 bits per heavy atom. The molecule has 4 N–H and O–H groups in total. The first-order chi connectivity index (χ1) is 7.83. The van der Waals surface area contributed by atoms with Crippen LogP contribution in [0.3, 0.4) is 0 Å². The van der Waals surface area contributed by atoms with Crippen molar-refractivity contribution in [1.82, 2.24) is 15.5 Å². The Morgan fingerprint density at radius 3 is 2.81 bits per heavy atom. The van der Waals surface area contributed by atoms with Gasteiger partial charge in [0.15, 0.2) is 0 Å². The second kappa shape index (κ2) is 3.64. The Kier molecular flexibility index (Phi) is 2.15. The zero-order valence-electron chi connectivity index (χ0n) is 8.90.